The molecule has 1 aliphatic heterocycles. The van der Waals surface area contributed by atoms with E-state index in [1.165, 1.54) is 19.2 Å². The first-order valence-corrected chi connectivity index (χ1v) is 11.3. The van der Waals surface area contributed by atoms with Crippen molar-refractivity contribution in [1.82, 2.24) is 4.90 Å². The normalized spacial score (nSPS) is 14.5. The summed E-state index contributed by atoms with van der Waals surface area (Å²) in [7, 11) is 1.53. The number of amides is 2. The summed E-state index contributed by atoms with van der Waals surface area (Å²) in [6.45, 7) is -2.51. The van der Waals surface area contributed by atoms with E-state index in [4.69, 9.17) is 9.47 Å². The van der Waals surface area contributed by atoms with Crippen molar-refractivity contribution in [3.8, 4) is 22.6 Å². The first kappa shape index (κ1) is 24.2. The summed E-state index contributed by atoms with van der Waals surface area (Å²) in [6.07, 6.45) is 2.02. The van der Waals surface area contributed by atoms with E-state index in [0.717, 1.165) is 12.8 Å². The number of carbonyl (C=O) groups excluding carboxylic acids is 2. The molecule has 0 aromatic heterocycles. The van der Waals surface area contributed by atoms with Crippen LogP contribution in [0, 0.1) is 0 Å². The van der Waals surface area contributed by atoms with Crippen molar-refractivity contribution in [2.24, 2.45) is 0 Å². The quantitative estimate of drug-likeness (QED) is 0.452. The number of likely N-dealkylation sites (tertiary alicyclic amines) is 1. The van der Waals surface area contributed by atoms with Crippen LogP contribution in [0.4, 0.5) is 14.5 Å². The summed E-state index contributed by atoms with van der Waals surface area (Å²) >= 11 is 0. The first-order valence-electron chi connectivity index (χ1n) is 11.3. The minimum atomic E-state index is -3.00. The molecular formula is C27H26F2N2O4. The Bertz CT molecular complexity index is 1170. The zero-order chi connectivity index (χ0) is 24.8. The molecule has 0 spiro atoms. The average Bonchev–Trinajstić information content (AvgIpc) is 2.87. The van der Waals surface area contributed by atoms with Crippen molar-refractivity contribution < 1.29 is 27.8 Å². The van der Waals surface area contributed by atoms with Crippen LogP contribution in [0.2, 0.25) is 0 Å². The summed E-state index contributed by atoms with van der Waals surface area (Å²) < 4.78 is 35.9. The highest BCUT2D eigenvalue weighted by atomic mass is 19.3. The Labute approximate surface area is 202 Å². The maximum Gasteiger partial charge on any atom is 0.387 e. The predicted octanol–water partition coefficient (Wildman–Crippen LogP) is 5.66. The number of hydrogen-bond acceptors (Lipinski definition) is 4. The van der Waals surface area contributed by atoms with E-state index in [1.807, 2.05) is 30.3 Å². The fraction of sp³-hybridized carbons (Fsp3) is 0.259. The van der Waals surface area contributed by atoms with Crippen LogP contribution in [-0.4, -0.2) is 37.0 Å². The number of rotatable bonds is 8. The third-order valence-electron chi connectivity index (χ3n) is 5.90. The van der Waals surface area contributed by atoms with E-state index in [0.29, 0.717) is 41.1 Å². The number of ether oxygens (including phenoxy) is 2. The molecule has 3 aromatic rings. The zero-order valence-corrected chi connectivity index (χ0v) is 19.2. The molecule has 1 atom stereocenters. The van der Waals surface area contributed by atoms with Crippen molar-refractivity contribution in [3.63, 3.8) is 0 Å². The molecule has 1 aliphatic rings. The first-order chi connectivity index (χ1) is 17.0. The molecule has 0 saturated carbocycles. The highest BCUT2D eigenvalue weighted by Crippen LogP contribution is 2.35. The van der Waals surface area contributed by atoms with Gasteiger partial charge in [-0.05, 0) is 54.3 Å². The number of anilines is 1. The molecule has 4 rings (SSSR count). The van der Waals surface area contributed by atoms with Crippen molar-refractivity contribution in [2.45, 2.75) is 31.9 Å². The second-order valence-corrected chi connectivity index (χ2v) is 8.16. The topological polar surface area (TPSA) is 67.9 Å². The van der Waals surface area contributed by atoms with Gasteiger partial charge in [-0.1, -0.05) is 42.5 Å². The number of carbonyl (C=O) groups is 2. The van der Waals surface area contributed by atoms with Gasteiger partial charge < -0.3 is 19.7 Å². The number of alkyl halides is 2. The van der Waals surface area contributed by atoms with Gasteiger partial charge in [-0.15, -0.1) is 0 Å². The summed E-state index contributed by atoms with van der Waals surface area (Å²) in [5, 5.41) is 2.87. The van der Waals surface area contributed by atoms with Crippen molar-refractivity contribution >= 4 is 17.5 Å². The molecule has 6 nitrogen and oxygen atoms in total. The lowest BCUT2D eigenvalue weighted by Crippen LogP contribution is -2.43. The van der Waals surface area contributed by atoms with E-state index < -0.39 is 12.7 Å². The highest BCUT2D eigenvalue weighted by molar-refractivity contribution is 5.98. The molecule has 1 unspecified atom stereocenters. The highest BCUT2D eigenvalue weighted by Gasteiger charge is 2.32. The molecule has 0 bridgehead atoms. The van der Waals surface area contributed by atoms with Crippen LogP contribution < -0.4 is 14.8 Å². The number of benzene rings is 3. The number of nitrogens with zero attached hydrogens (tertiary/aromatic N) is 1. The van der Waals surface area contributed by atoms with Gasteiger partial charge in [-0.2, -0.15) is 8.78 Å². The number of halogens is 2. The summed E-state index contributed by atoms with van der Waals surface area (Å²) in [4.78, 5) is 27.7. The summed E-state index contributed by atoms with van der Waals surface area (Å²) in [5.41, 5.74) is 2.10. The van der Waals surface area contributed by atoms with Crippen LogP contribution in [0.5, 0.6) is 11.5 Å². The lowest BCUT2D eigenvalue weighted by molar-refractivity contribution is -0.141. The van der Waals surface area contributed by atoms with E-state index in [2.05, 4.69) is 5.32 Å². The molecule has 1 saturated heterocycles. The van der Waals surface area contributed by atoms with Gasteiger partial charge in [0.15, 0.2) is 0 Å². The van der Waals surface area contributed by atoms with Crippen LogP contribution in [0.3, 0.4) is 0 Å². The lowest BCUT2D eigenvalue weighted by Gasteiger charge is -2.34. The number of methoxy groups -OCH3 is 1. The minimum Gasteiger partial charge on any atom is -0.497 e. The molecule has 3 aromatic carbocycles. The van der Waals surface area contributed by atoms with E-state index in [1.54, 1.807) is 35.2 Å². The largest absolute Gasteiger partial charge is 0.497 e. The molecule has 1 heterocycles. The Balaban J connectivity index is 1.66. The Morgan fingerprint density at radius 3 is 2.40 bits per heavy atom. The zero-order valence-electron chi connectivity index (χ0n) is 19.2. The van der Waals surface area contributed by atoms with Crippen molar-refractivity contribution in [3.05, 3.63) is 78.4 Å². The van der Waals surface area contributed by atoms with Crippen molar-refractivity contribution in [1.29, 1.82) is 0 Å². The number of piperidine rings is 1. The Morgan fingerprint density at radius 2 is 1.74 bits per heavy atom. The predicted molar refractivity (Wildman–Crippen MR) is 128 cm³/mol. The van der Waals surface area contributed by atoms with Crippen LogP contribution >= 0.6 is 0 Å². The summed E-state index contributed by atoms with van der Waals surface area (Å²) in [5.74, 6) is 0.148. The molecular weight excluding hydrogens is 454 g/mol. The van der Waals surface area contributed by atoms with Gasteiger partial charge in [-0.25, -0.2) is 0 Å². The maximum absolute atomic E-state index is 13.5. The molecule has 8 heteroatoms. The van der Waals surface area contributed by atoms with Crippen LogP contribution in [0.15, 0.2) is 72.8 Å². The third kappa shape index (κ3) is 5.77. The van der Waals surface area contributed by atoms with E-state index in [-0.39, 0.29) is 17.6 Å². The second kappa shape index (κ2) is 11.0. The second-order valence-electron chi connectivity index (χ2n) is 8.16. The van der Waals surface area contributed by atoms with E-state index in [9.17, 15) is 18.4 Å². The average molecular weight is 481 g/mol. The van der Waals surface area contributed by atoms with Gasteiger partial charge >= 0.3 is 6.61 Å². The van der Waals surface area contributed by atoms with Crippen LogP contribution in [-0.2, 0) is 9.59 Å². The fourth-order valence-electron chi connectivity index (χ4n) is 4.22. The standard InChI is InChI=1S/C27H26F2N2O4/c1-34-21-13-10-18(11-14-21)22-17-20(12-15-23(22)35-27(28)29)30-26(33)25(19-7-3-2-4-8-19)31-16-6-5-9-24(31)32/h2-4,7-8,10-15,17,25,27H,5-6,9,16H2,1H3,(H,30,33). The maximum atomic E-state index is 13.5. The van der Waals surface area contributed by atoms with Gasteiger partial charge in [0.1, 0.15) is 17.5 Å². The Morgan fingerprint density at radius 1 is 1.00 bits per heavy atom. The third-order valence-corrected chi connectivity index (χ3v) is 5.90. The van der Waals surface area contributed by atoms with Gasteiger partial charge in [0, 0.05) is 24.2 Å². The number of hydrogen-bond donors (Lipinski definition) is 1. The molecule has 1 fully saturated rings. The lowest BCUT2D eigenvalue weighted by atomic mass is 10.00. The molecule has 35 heavy (non-hydrogen) atoms. The minimum absolute atomic E-state index is 0.0195. The fourth-order valence-corrected chi connectivity index (χ4v) is 4.22. The molecule has 182 valence electrons. The van der Waals surface area contributed by atoms with Crippen LogP contribution in [0.25, 0.3) is 11.1 Å². The Kier molecular flexibility index (Phi) is 7.60. The molecule has 1 N–H and O–H groups in total. The SMILES string of the molecule is COc1ccc(-c2cc(NC(=O)C(c3ccccc3)N3CCCCC3=O)ccc2OC(F)F)cc1. The molecule has 2 amide bonds. The van der Waals surface area contributed by atoms with Gasteiger partial charge in [0.25, 0.3) is 5.91 Å². The van der Waals surface area contributed by atoms with Gasteiger partial charge in [0.2, 0.25) is 5.91 Å². The number of nitrogens with one attached hydrogen (secondary N) is 1. The molecule has 0 radical (unpaired) electrons. The van der Waals surface area contributed by atoms with Crippen molar-refractivity contribution in [2.75, 3.05) is 19.0 Å². The van der Waals surface area contributed by atoms with E-state index >= 15 is 0 Å². The van der Waals surface area contributed by atoms with Gasteiger partial charge in [0.05, 0.1) is 7.11 Å². The van der Waals surface area contributed by atoms with Gasteiger partial charge in [-0.3, -0.25) is 9.59 Å². The van der Waals surface area contributed by atoms with Crippen LogP contribution in [0.1, 0.15) is 30.9 Å². The monoisotopic (exact) mass is 480 g/mol. The summed E-state index contributed by atoms with van der Waals surface area (Å²) in [6, 6.07) is 19.7. The smallest absolute Gasteiger partial charge is 0.387 e. The molecule has 0 aliphatic carbocycles. The Hall–Kier alpha value is -3.94.